The molecule has 0 bridgehead atoms. The molecule has 7 heteroatoms. The minimum Gasteiger partial charge on any atom is -0.465 e. The number of carbonyl (C=O) groups is 1. The summed E-state index contributed by atoms with van der Waals surface area (Å²) in [5, 5.41) is 1.68. The number of nitrogens with zero attached hydrogens (tertiary/aromatic N) is 1. The second-order valence-corrected chi connectivity index (χ2v) is 8.57. The molecule has 1 aromatic carbocycles. The zero-order valence-corrected chi connectivity index (χ0v) is 16.5. The molecule has 0 spiro atoms. The number of hydrogen-bond acceptors (Lipinski definition) is 5. The lowest BCUT2D eigenvalue weighted by atomic mass is 10.2. The Hall–Kier alpha value is -1.70. The highest BCUT2D eigenvalue weighted by molar-refractivity contribution is 7.89. The van der Waals surface area contributed by atoms with Crippen LogP contribution in [0, 0.1) is 6.92 Å². The van der Waals surface area contributed by atoms with Crippen molar-refractivity contribution in [3.63, 3.8) is 0 Å². The fourth-order valence-corrected chi connectivity index (χ4v) is 5.90. The Balaban J connectivity index is 2.53. The van der Waals surface area contributed by atoms with Crippen molar-refractivity contribution < 1.29 is 17.9 Å². The summed E-state index contributed by atoms with van der Waals surface area (Å²) in [6.45, 7) is 5.78. The number of sulfonamides is 1. The highest BCUT2D eigenvalue weighted by Gasteiger charge is 2.34. The van der Waals surface area contributed by atoms with Crippen molar-refractivity contribution in [3.05, 3.63) is 51.7 Å². The molecule has 1 heterocycles. The number of aryl methyl sites for hydroxylation is 1. The van der Waals surface area contributed by atoms with Crippen LogP contribution >= 0.6 is 11.3 Å². The Morgan fingerprint density at radius 2 is 1.92 bits per heavy atom. The second-order valence-electron chi connectivity index (χ2n) is 5.86. The zero-order chi connectivity index (χ0) is 18.6. The van der Waals surface area contributed by atoms with Gasteiger partial charge in [0.05, 0.1) is 7.11 Å². The van der Waals surface area contributed by atoms with Crippen molar-refractivity contribution in [2.24, 2.45) is 0 Å². The molecule has 0 aliphatic heterocycles. The van der Waals surface area contributed by atoms with Crippen LogP contribution in [0.5, 0.6) is 0 Å². The number of carbonyl (C=O) groups excluding carboxylic acids is 1. The minimum absolute atomic E-state index is 0.0561. The first-order valence-electron chi connectivity index (χ1n) is 8.05. The van der Waals surface area contributed by atoms with Gasteiger partial charge in [0, 0.05) is 12.6 Å². The van der Waals surface area contributed by atoms with E-state index in [1.807, 2.05) is 44.2 Å². The maximum absolute atomic E-state index is 13.4. The van der Waals surface area contributed by atoms with Crippen molar-refractivity contribution >= 4 is 27.3 Å². The Labute approximate surface area is 153 Å². The molecular formula is C18H23NO4S2. The summed E-state index contributed by atoms with van der Waals surface area (Å²) < 4.78 is 33.0. The van der Waals surface area contributed by atoms with Gasteiger partial charge in [0.25, 0.3) is 0 Å². The first-order valence-corrected chi connectivity index (χ1v) is 10.4. The Morgan fingerprint density at radius 3 is 2.48 bits per heavy atom. The molecule has 0 amide bonds. The molecule has 136 valence electrons. The van der Waals surface area contributed by atoms with Gasteiger partial charge >= 0.3 is 5.97 Å². The Kier molecular flexibility index (Phi) is 6.37. The third-order valence-electron chi connectivity index (χ3n) is 4.12. The fraction of sp³-hybridized carbons (Fsp3) is 0.389. The predicted octanol–water partition coefficient (Wildman–Crippen LogP) is 3.83. The van der Waals surface area contributed by atoms with Crippen LogP contribution in [0.1, 0.15) is 41.1 Å². The van der Waals surface area contributed by atoms with E-state index in [2.05, 4.69) is 0 Å². The van der Waals surface area contributed by atoms with Crippen molar-refractivity contribution in [3.8, 4) is 0 Å². The summed E-state index contributed by atoms with van der Waals surface area (Å²) in [5.74, 6) is -0.625. The van der Waals surface area contributed by atoms with Gasteiger partial charge in [0.1, 0.15) is 9.77 Å². The summed E-state index contributed by atoms with van der Waals surface area (Å²) in [6, 6.07) is 9.25. The number of methoxy groups -OCH3 is 1. The van der Waals surface area contributed by atoms with E-state index >= 15 is 0 Å². The number of hydrogen-bond donors (Lipinski definition) is 0. The number of ether oxygens (including phenoxy) is 1. The van der Waals surface area contributed by atoms with E-state index in [1.54, 1.807) is 12.3 Å². The molecule has 0 radical (unpaired) electrons. The molecule has 1 aromatic heterocycles. The molecule has 2 aromatic rings. The summed E-state index contributed by atoms with van der Waals surface area (Å²) in [7, 11) is -2.59. The van der Waals surface area contributed by atoms with Crippen LogP contribution < -0.4 is 0 Å². The molecule has 1 atom stereocenters. The van der Waals surface area contributed by atoms with Crippen molar-refractivity contribution in [2.45, 2.75) is 44.7 Å². The molecule has 0 fully saturated rings. The lowest BCUT2D eigenvalue weighted by Gasteiger charge is -2.28. The average molecular weight is 382 g/mol. The lowest BCUT2D eigenvalue weighted by molar-refractivity contribution is 0.0602. The lowest BCUT2D eigenvalue weighted by Crippen LogP contribution is -2.38. The van der Waals surface area contributed by atoms with E-state index in [-0.39, 0.29) is 22.4 Å². The largest absolute Gasteiger partial charge is 0.465 e. The third-order valence-corrected chi connectivity index (χ3v) is 7.47. The fourth-order valence-electron chi connectivity index (χ4n) is 2.55. The molecule has 25 heavy (non-hydrogen) atoms. The van der Waals surface area contributed by atoms with E-state index in [4.69, 9.17) is 4.74 Å². The molecule has 0 N–H and O–H groups in total. The molecule has 1 unspecified atom stereocenters. The standard InChI is InChI=1S/C18H23NO4S2/c1-5-14(3)19(11-15-9-7-6-8-10-15)25(21,22)17-13(2)12-24-16(17)18(20)23-4/h6-10,12,14H,5,11H2,1-4H3. The second kappa shape index (κ2) is 8.12. The highest BCUT2D eigenvalue weighted by atomic mass is 32.2. The van der Waals surface area contributed by atoms with Crippen LogP contribution in [0.3, 0.4) is 0 Å². The Morgan fingerprint density at radius 1 is 1.28 bits per heavy atom. The molecule has 0 saturated carbocycles. The normalized spacial score (nSPS) is 13.0. The van der Waals surface area contributed by atoms with E-state index < -0.39 is 16.0 Å². The first-order chi connectivity index (χ1) is 11.8. The van der Waals surface area contributed by atoms with Gasteiger partial charge in [-0.1, -0.05) is 37.3 Å². The predicted molar refractivity (Wildman–Crippen MR) is 99.3 cm³/mol. The smallest absolute Gasteiger partial charge is 0.349 e. The summed E-state index contributed by atoms with van der Waals surface area (Å²) in [4.78, 5) is 12.2. The van der Waals surface area contributed by atoms with Crippen LogP contribution in [0.25, 0.3) is 0 Å². The molecule has 0 aliphatic rings. The SMILES string of the molecule is CCC(C)N(Cc1ccccc1)S(=O)(=O)c1c(C)csc1C(=O)OC. The number of thiophene rings is 1. The molecule has 5 nitrogen and oxygen atoms in total. The number of benzene rings is 1. The van der Waals surface area contributed by atoms with Crippen molar-refractivity contribution in [2.75, 3.05) is 7.11 Å². The van der Waals surface area contributed by atoms with Crippen molar-refractivity contribution in [1.82, 2.24) is 4.31 Å². The highest BCUT2D eigenvalue weighted by Crippen LogP contribution is 2.32. The third kappa shape index (κ3) is 4.11. The van der Waals surface area contributed by atoms with E-state index in [0.717, 1.165) is 16.9 Å². The minimum atomic E-state index is -3.84. The molecular weight excluding hydrogens is 358 g/mol. The van der Waals surface area contributed by atoms with E-state index in [0.29, 0.717) is 12.0 Å². The van der Waals surface area contributed by atoms with Crippen LogP contribution in [0.4, 0.5) is 0 Å². The maximum atomic E-state index is 13.4. The van der Waals surface area contributed by atoms with Gasteiger partial charge in [0.2, 0.25) is 10.0 Å². The van der Waals surface area contributed by atoms with Gasteiger partial charge in [-0.2, -0.15) is 4.31 Å². The van der Waals surface area contributed by atoms with E-state index in [1.165, 1.54) is 11.4 Å². The summed E-state index contributed by atoms with van der Waals surface area (Å²) >= 11 is 1.10. The van der Waals surface area contributed by atoms with Gasteiger partial charge in [0.15, 0.2) is 0 Å². The topological polar surface area (TPSA) is 63.7 Å². The van der Waals surface area contributed by atoms with Crippen LogP contribution in [-0.4, -0.2) is 31.8 Å². The zero-order valence-electron chi connectivity index (χ0n) is 14.9. The van der Waals surface area contributed by atoms with Crippen LogP contribution in [0.15, 0.2) is 40.6 Å². The van der Waals surface area contributed by atoms with Crippen molar-refractivity contribution in [1.29, 1.82) is 0 Å². The van der Waals surface area contributed by atoms with Crippen LogP contribution in [-0.2, 0) is 21.3 Å². The summed E-state index contributed by atoms with van der Waals surface area (Å²) in [6.07, 6.45) is 0.669. The van der Waals surface area contributed by atoms with Gasteiger partial charge in [-0.25, -0.2) is 13.2 Å². The number of esters is 1. The maximum Gasteiger partial charge on any atom is 0.349 e. The molecule has 0 saturated heterocycles. The van der Waals surface area contributed by atoms with E-state index in [9.17, 15) is 13.2 Å². The van der Waals surface area contributed by atoms with Crippen LogP contribution in [0.2, 0.25) is 0 Å². The van der Waals surface area contributed by atoms with Gasteiger partial charge in [-0.15, -0.1) is 11.3 Å². The first kappa shape index (κ1) is 19.6. The summed E-state index contributed by atoms with van der Waals surface area (Å²) in [5.41, 5.74) is 1.46. The average Bonchev–Trinajstić information content (AvgIpc) is 3.01. The van der Waals surface area contributed by atoms with Gasteiger partial charge < -0.3 is 4.74 Å². The van der Waals surface area contributed by atoms with Gasteiger partial charge in [-0.3, -0.25) is 0 Å². The Bertz CT molecular complexity index is 828. The molecule has 0 aliphatic carbocycles. The van der Waals surface area contributed by atoms with Gasteiger partial charge in [-0.05, 0) is 36.8 Å². The monoisotopic (exact) mass is 381 g/mol. The number of rotatable bonds is 7. The quantitative estimate of drug-likeness (QED) is 0.684. The molecule has 2 rings (SSSR count).